The molecule has 0 aliphatic carbocycles. The number of likely N-dealkylation sites (tertiary alicyclic amines) is 1. The predicted octanol–water partition coefficient (Wildman–Crippen LogP) is 2.38. The lowest BCUT2D eigenvalue weighted by molar-refractivity contribution is 0.198. The number of sulfone groups is 1. The van der Waals surface area contributed by atoms with Gasteiger partial charge in [0.05, 0.1) is 5.75 Å². The van der Waals surface area contributed by atoms with E-state index in [1.165, 1.54) is 18.4 Å². The minimum Gasteiger partial charge on any atom is -0.307 e. The Morgan fingerprint density at radius 1 is 1.26 bits per heavy atom. The minimum atomic E-state index is -2.89. The molecule has 1 aliphatic heterocycles. The van der Waals surface area contributed by atoms with E-state index in [2.05, 4.69) is 17.1 Å². The van der Waals surface area contributed by atoms with Gasteiger partial charge in [-0.05, 0) is 50.0 Å². The van der Waals surface area contributed by atoms with Gasteiger partial charge in [-0.2, -0.15) is 0 Å². The average Bonchev–Trinajstić information content (AvgIpc) is 2.52. The summed E-state index contributed by atoms with van der Waals surface area (Å²) >= 11 is 0. The monoisotopic (exact) mass is 342 g/mol. The van der Waals surface area contributed by atoms with Crippen LogP contribution in [0.25, 0.3) is 0 Å². The molecule has 23 heavy (non-hydrogen) atoms. The van der Waals surface area contributed by atoms with Crippen molar-refractivity contribution in [1.29, 1.82) is 0 Å². The largest absolute Gasteiger partial charge is 0.307 e. The van der Waals surface area contributed by atoms with Gasteiger partial charge in [-0.15, -0.1) is 0 Å². The molecular weight excluding hydrogens is 315 g/mol. The zero-order valence-corrected chi connectivity index (χ0v) is 14.8. The van der Waals surface area contributed by atoms with Crippen molar-refractivity contribution in [3.05, 3.63) is 35.6 Å². The van der Waals surface area contributed by atoms with Gasteiger partial charge < -0.3 is 10.2 Å². The Morgan fingerprint density at radius 3 is 2.39 bits per heavy atom. The maximum atomic E-state index is 13.0. The number of nitrogens with zero attached hydrogens (tertiary/aromatic N) is 1. The fourth-order valence-electron chi connectivity index (χ4n) is 3.05. The molecule has 0 spiro atoms. The topological polar surface area (TPSA) is 49.4 Å². The lowest BCUT2D eigenvalue weighted by atomic mass is 9.99. The van der Waals surface area contributed by atoms with Crippen LogP contribution in [0.4, 0.5) is 4.39 Å². The van der Waals surface area contributed by atoms with Gasteiger partial charge in [0, 0.05) is 24.9 Å². The zero-order chi connectivity index (χ0) is 16.9. The van der Waals surface area contributed by atoms with Crippen molar-refractivity contribution in [2.75, 3.05) is 31.6 Å². The molecule has 0 unspecified atom stereocenters. The Balaban J connectivity index is 1.81. The van der Waals surface area contributed by atoms with Gasteiger partial charge in [-0.1, -0.05) is 19.1 Å². The van der Waals surface area contributed by atoms with Gasteiger partial charge in [0.25, 0.3) is 0 Å². The molecular formula is C17H27FN2O2S. The summed E-state index contributed by atoms with van der Waals surface area (Å²) in [5.41, 5.74) is 1.12. The average molecular weight is 342 g/mol. The van der Waals surface area contributed by atoms with Crippen molar-refractivity contribution in [3.8, 4) is 0 Å². The maximum absolute atomic E-state index is 13.0. The van der Waals surface area contributed by atoms with Gasteiger partial charge >= 0.3 is 0 Å². The smallest absolute Gasteiger partial charge is 0.148 e. The van der Waals surface area contributed by atoms with Crippen molar-refractivity contribution in [1.82, 2.24) is 10.2 Å². The van der Waals surface area contributed by atoms with Crippen molar-refractivity contribution >= 4 is 9.84 Å². The molecule has 130 valence electrons. The summed E-state index contributed by atoms with van der Waals surface area (Å²) in [6, 6.07) is 7.37. The lowest BCUT2D eigenvalue weighted by Crippen LogP contribution is -2.44. The van der Waals surface area contributed by atoms with Crippen LogP contribution < -0.4 is 5.32 Å². The van der Waals surface area contributed by atoms with E-state index in [1.807, 2.05) is 12.1 Å². The Kier molecular flexibility index (Phi) is 6.56. The third-order valence-electron chi connectivity index (χ3n) is 4.48. The highest BCUT2D eigenvalue weighted by Crippen LogP contribution is 2.20. The summed E-state index contributed by atoms with van der Waals surface area (Å²) < 4.78 is 35.5. The van der Waals surface area contributed by atoms with Gasteiger partial charge in [-0.3, -0.25) is 0 Å². The summed E-state index contributed by atoms with van der Waals surface area (Å²) in [6.45, 7) is 4.60. The van der Waals surface area contributed by atoms with Crippen LogP contribution in [0.3, 0.4) is 0 Å². The highest BCUT2D eigenvalue weighted by atomic mass is 32.2. The lowest BCUT2D eigenvalue weighted by Gasteiger charge is -2.34. The molecule has 0 bridgehead atoms. The van der Waals surface area contributed by atoms with Gasteiger partial charge in [0.15, 0.2) is 0 Å². The van der Waals surface area contributed by atoms with Crippen LogP contribution in [-0.4, -0.2) is 51.0 Å². The fourth-order valence-corrected chi connectivity index (χ4v) is 3.64. The van der Waals surface area contributed by atoms with E-state index in [-0.39, 0.29) is 17.6 Å². The first-order valence-corrected chi connectivity index (χ1v) is 10.3. The second-order valence-corrected chi connectivity index (χ2v) is 8.68. The Hall–Kier alpha value is -0.980. The van der Waals surface area contributed by atoms with Crippen LogP contribution in [0.5, 0.6) is 0 Å². The molecule has 1 fully saturated rings. The fraction of sp³-hybridized carbons (Fsp3) is 0.647. The van der Waals surface area contributed by atoms with Crippen LogP contribution in [0, 0.1) is 5.82 Å². The summed E-state index contributed by atoms with van der Waals surface area (Å²) in [4.78, 5) is 2.22. The quantitative estimate of drug-likeness (QED) is 0.826. The third kappa shape index (κ3) is 6.20. The maximum Gasteiger partial charge on any atom is 0.148 e. The normalized spacial score (nSPS) is 18.9. The number of hydrogen-bond acceptors (Lipinski definition) is 4. The van der Waals surface area contributed by atoms with E-state index in [0.717, 1.165) is 37.9 Å². The molecule has 1 aromatic rings. The minimum absolute atomic E-state index is 0.206. The summed E-state index contributed by atoms with van der Waals surface area (Å²) in [5, 5.41) is 3.67. The molecule has 2 rings (SSSR count). The van der Waals surface area contributed by atoms with E-state index >= 15 is 0 Å². The van der Waals surface area contributed by atoms with E-state index in [4.69, 9.17) is 0 Å². The Morgan fingerprint density at radius 2 is 1.87 bits per heavy atom. The standard InChI is InChI=1S/C17H27FN2O2S/c1-3-17(14-4-6-15(18)7-5-14)19-16-8-10-20(11-9-16)12-13-23(2,21)22/h4-7,16-17,19H,3,8-13H2,1-2H3/t17-/m1/s1. The first-order chi connectivity index (χ1) is 10.9. The van der Waals surface area contributed by atoms with Crippen LogP contribution in [0.1, 0.15) is 37.8 Å². The molecule has 6 heteroatoms. The SMILES string of the molecule is CC[C@@H](NC1CCN(CCS(C)(=O)=O)CC1)c1ccc(F)cc1. The molecule has 1 aliphatic rings. The second kappa shape index (κ2) is 8.22. The van der Waals surface area contributed by atoms with Crippen molar-refractivity contribution in [2.24, 2.45) is 0 Å². The van der Waals surface area contributed by atoms with E-state index in [1.54, 1.807) is 0 Å². The summed E-state index contributed by atoms with van der Waals surface area (Å²) in [7, 11) is -2.89. The number of benzene rings is 1. The van der Waals surface area contributed by atoms with Gasteiger partial charge in [0.1, 0.15) is 15.7 Å². The predicted molar refractivity (Wildman–Crippen MR) is 91.7 cm³/mol. The Bertz CT molecular complexity index is 581. The number of halogens is 1. The number of piperidine rings is 1. The van der Waals surface area contributed by atoms with Crippen molar-refractivity contribution in [3.63, 3.8) is 0 Å². The molecule has 1 saturated heterocycles. The molecule has 0 aromatic heterocycles. The second-order valence-electron chi connectivity index (χ2n) is 6.42. The van der Waals surface area contributed by atoms with Gasteiger partial charge in [-0.25, -0.2) is 12.8 Å². The van der Waals surface area contributed by atoms with E-state index in [9.17, 15) is 12.8 Å². The highest BCUT2D eigenvalue weighted by molar-refractivity contribution is 7.90. The van der Waals surface area contributed by atoms with Crippen LogP contribution in [0.2, 0.25) is 0 Å². The third-order valence-corrected chi connectivity index (χ3v) is 5.41. The van der Waals surface area contributed by atoms with Crippen molar-refractivity contribution < 1.29 is 12.8 Å². The molecule has 1 N–H and O–H groups in total. The van der Waals surface area contributed by atoms with Crippen molar-refractivity contribution in [2.45, 2.75) is 38.3 Å². The molecule has 0 saturated carbocycles. The van der Waals surface area contributed by atoms with Gasteiger partial charge in [0.2, 0.25) is 0 Å². The van der Waals surface area contributed by atoms with Crippen LogP contribution in [-0.2, 0) is 9.84 Å². The van der Waals surface area contributed by atoms with Crippen LogP contribution in [0.15, 0.2) is 24.3 Å². The number of nitrogens with one attached hydrogen (secondary N) is 1. The molecule has 0 amide bonds. The number of rotatable bonds is 7. The summed E-state index contributed by atoms with van der Waals surface area (Å²) in [6.07, 6.45) is 4.28. The molecule has 4 nitrogen and oxygen atoms in total. The molecule has 0 radical (unpaired) electrons. The molecule has 1 heterocycles. The number of hydrogen-bond donors (Lipinski definition) is 1. The van der Waals surface area contributed by atoms with Crippen LogP contribution >= 0.6 is 0 Å². The molecule has 1 atom stereocenters. The highest BCUT2D eigenvalue weighted by Gasteiger charge is 2.22. The first kappa shape index (κ1) is 18.4. The summed E-state index contributed by atoms with van der Waals surface area (Å²) in [5.74, 6) is 0.0286. The van der Waals surface area contributed by atoms with E-state index in [0.29, 0.717) is 12.6 Å². The first-order valence-electron chi connectivity index (χ1n) is 8.29. The molecule has 1 aromatic carbocycles. The zero-order valence-electron chi connectivity index (χ0n) is 14.0. The Labute approximate surface area is 139 Å². The van der Waals surface area contributed by atoms with E-state index < -0.39 is 9.84 Å².